The van der Waals surface area contributed by atoms with Gasteiger partial charge in [0.2, 0.25) is 0 Å². The third-order valence-electron chi connectivity index (χ3n) is 6.54. The van der Waals surface area contributed by atoms with E-state index in [1.807, 2.05) is 0 Å². The summed E-state index contributed by atoms with van der Waals surface area (Å²) >= 11 is 0. The van der Waals surface area contributed by atoms with Gasteiger partial charge in [-0.15, -0.1) is 0 Å². The summed E-state index contributed by atoms with van der Waals surface area (Å²) in [5.74, 6) is 0. The maximum atomic E-state index is 3.77. The Morgan fingerprint density at radius 2 is 0.781 bits per heavy atom. The van der Waals surface area contributed by atoms with Crippen molar-refractivity contribution >= 4 is 43.6 Å². The topological polar surface area (TPSA) is 31.6 Å². The van der Waals surface area contributed by atoms with Crippen LogP contribution in [-0.2, 0) is 0 Å². The van der Waals surface area contributed by atoms with Crippen LogP contribution in [0.3, 0.4) is 0 Å². The van der Waals surface area contributed by atoms with Crippen LogP contribution >= 0.6 is 0 Å². The lowest BCUT2D eigenvalue weighted by molar-refractivity contribution is 1.51. The zero-order valence-electron chi connectivity index (χ0n) is 17.4. The molecule has 0 radical (unpaired) electrons. The van der Waals surface area contributed by atoms with E-state index in [9.17, 15) is 0 Å². The van der Waals surface area contributed by atoms with E-state index in [-0.39, 0.29) is 0 Å². The lowest BCUT2D eigenvalue weighted by atomic mass is 9.90. The molecule has 0 spiro atoms. The molecule has 7 aromatic rings. The molecule has 32 heavy (non-hydrogen) atoms. The van der Waals surface area contributed by atoms with Crippen LogP contribution in [0.15, 0.2) is 109 Å². The van der Waals surface area contributed by atoms with E-state index in [0.717, 1.165) is 11.0 Å². The molecule has 150 valence electrons. The standard InChI is InChI=1S/C30H20N2/c1-3-11-19(12-4-1)25-27-21-15-7-9-17-23(21)31-29(27)26(20-13-5-2-6-14-20)30-28(25)22-16-8-10-18-24(22)32-30/h1-18,31-32H. The van der Waals surface area contributed by atoms with Crippen LogP contribution in [0.25, 0.3) is 65.9 Å². The molecular formula is C30H20N2. The minimum atomic E-state index is 1.16. The van der Waals surface area contributed by atoms with Gasteiger partial charge in [0.25, 0.3) is 0 Å². The maximum absolute atomic E-state index is 3.77. The third-order valence-corrected chi connectivity index (χ3v) is 6.54. The summed E-state index contributed by atoms with van der Waals surface area (Å²) in [6.07, 6.45) is 0. The Balaban J connectivity index is 1.84. The maximum Gasteiger partial charge on any atom is 0.0572 e. The zero-order valence-corrected chi connectivity index (χ0v) is 17.4. The highest BCUT2D eigenvalue weighted by Crippen LogP contribution is 2.48. The average molecular weight is 409 g/mol. The van der Waals surface area contributed by atoms with Crippen molar-refractivity contribution in [2.75, 3.05) is 0 Å². The second-order valence-corrected chi connectivity index (χ2v) is 8.32. The largest absolute Gasteiger partial charge is 0.354 e. The summed E-state index contributed by atoms with van der Waals surface area (Å²) in [7, 11) is 0. The third kappa shape index (κ3) is 2.35. The number of aromatic amines is 2. The van der Waals surface area contributed by atoms with Crippen LogP contribution in [0, 0.1) is 0 Å². The Kier molecular flexibility index (Phi) is 3.58. The highest BCUT2D eigenvalue weighted by molar-refractivity contribution is 6.31. The zero-order chi connectivity index (χ0) is 21.1. The van der Waals surface area contributed by atoms with Crippen molar-refractivity contribution in [1.29, 1.82) is 0 Å². The molecule has 0 aliphatic rings. The van der Waals surface area contributed by atoms with Gasteiger partial charge in [-0.05, 0) is 23.3 Å². The van der Waals surface area contributed by atoms with E-state index in [1.165, 1.54) is 54.8 Å². The first-order valence-electron chi connectivity index (χ1n) is 11.0. The number of nitrogens with one attached hydrogen (secondary N) is 2. The molecule has 0 aliphatic heterocycles. The Morgan fingerprint density at radius 3 is 1.28 bits per heavy atom. The lowest BCUT2D eigenvalue weighted by Crippen LogP contribution is -1.88. The van der Waals surface area contributed by atoms with Gasteiger partial charge in [0.1, 0.15) is 0 Å². The molecule has 2 nitrogen and oxygen atoms in total. The molecule has 5 aromatic carbocycles. The van der Waals surface area contributed by atoms with Gasteiger partial charge in [-0.25, -0.2) is 0 Å². The molecule has 2 N–H and O–H groups in total. The van der Waals surface area contributed by atoms with Crippen LogP contribution in [0.4, 0.5) is 0 Å². The first-order valence-corrected chi connectivity index (χ1v) is 11.0. The molecule has 0 amide bonds. The number of fused-ring (bicyclic) bond motifs is 6. The van der Waals surface area contributed by atoms with E-state index < -0.39 is 0 Å². The van der Waals surface area contributed by atoms with Crippen molar-refractivity contribution in [3.8, 4) is 22.3 Å². The lowest BCUT2D eigenvalue weighted by Gasteiger charge is -2.13. The minimum Gasteiger partial charge on any atom is -0.354 e. The van der Waals surface area contributed by atoms with E-state index in [4.69, 9.17) is 0 Å². The van der Waals surface area contributed by atoms with Gasteiger partial charge >= 0.3 is 0 Å². The number of hydrogen-bond acceptors (Lipinski definition) is 0. The highest BCUT2D eigenvalue weighted by Gasteiger charge is 2.23. The predicted molar refractivity (Wildman–Crippen MR) is 136 cm³/mol. The molecule has 0 unspecified atom stereocenters. The molecule has 0 fully saturated rings. The van der Waals surface area contributed by atoms with Gasteiger partial charge in [-0.1, -0.05) is 97.1 Å². The van der Waals surface area contributed by atoms with Gasteiger partial charge in [0.15, 0.2) is 0 Å². The SMILES string of the molecule is c1ccc(-c2c3[nH]c4ccccc4c3c(-c3ccccc3)c3c2[nH]c2ccccc23)cc1. The second kappa shape index (κ2) is 6.60. The number of benzene rings is 5. The molecule has 0 atom stereocenters. The van der Waals surface area contributed by atoms with Crippen molar-refractivity contribution in [2.24, 2.45) is 0 Å². The van der Waals surface area contributed by atoms with Gasteiger partial charge in [0, 0.05) is 43.7 Å². The van der Waals surface area contributed by atoms with E-state index >= 15 is 0 Å². The first-order chi connectivity index (χ1) is 15.9. The van der Waals surface area contributed by atoms with Gasteiger partial charge < -0.3 is 9.97 Å². The fraction of sp³-hybridized carbons (Fsp3) is 0. The number of hydrogen-bond donors (Lipinski definition) is 2. The summed E-state index contributed by atoms with van der Waals surface area (Å²) in [6.45, 7) is 0. The number of aromatic nitrogens is 2. The van der Waals surface area contributed by atoms with Crippen LogP contribution in [-0.4, -0.2) is 9.97 Å². The van der Waals surface area contributed by atoms with Gasteiger partial charge in [-0.3, -0.25) is 0 Å². The quantitative estimate of drug-likeness (QED) is 0.288. The number of rotatable bonds is 2. The van der Waals surface area contributed by atoms with Crippen LogP contribution in [0.1, 0.15) is 0 Å². The van der Waals surface area contributed by atoms with Crippen molar-refractivity contribution in [1.82, 2.24) is 9.97 Å². The molecule has 7 rings (SSSR count). The predicted octanol–water partition coefficient (Wildman–Crippen LogP) is 8.29. The summed E-state index contributed by atoms with van der Waals surface area (Å²) in [4.78, 5) is 7.54. The summed E-state index contributed by atoms with van der Waals surface area (Å²) in [5, 5.41) is 5.07. The molecule has 0 saturated heterocycles. The van der Waals surface area contributed by atoms with Gasteiger partial charge in [-0.2, -0.15) is 0 Å². The monoisotopic (exact) mass is 408 g/mol. The van der Waals surface area contributed by atoms with Crippen LogP contribution in [0.5, 0.6) is 0 Å². The van der Waals surface area contributed by atoms with Crippen molar-refractivity contribution < 1.29 is 0 Å². The average Bonchev–Trinajstić information content (AvgIpc) is 3.42. The highest BCUT2D eigenvalue weighted by atomic mass is 14.7. The Hall–Kier alpha value is -4.30. The smallest absolute Gasteiger partial charge is 0.0572 e. The Labute approximate surface area is 185 Å². The molecule has 2 aromatic heterocycles. The minimum absolute atomic E-state index is 1.16. The molecule has 0 saturated carbocycles. The fourth-order valence-electron chi connectivity index (χ4n) is 5.22. The van der Waals surface area contributed by atoms with Crippen molar-refractivity contribution in [3.63, 3.8) is 0 Å². The van der Waals surface area contributed by atoms with Crippen LogP contribution in [0.2, 0.25) is 0 Å². The molecule has 2 heteroatoms. The molecule has 2 heterocycles. The van der Waals surface area contributed by atoms with Crippen LogP contribution < -0.4 is 0 Å². The van der Waals surface area contributed by atoms with E-state index in [0.29, 0.717) is 0 Å². The number of para-hydroxylation sites is 2. The Bertz CT molecular complexity index is 1660. The van der Waals surface area contributed by atoms with E-state index in [2.05, 4.69) is 119 Å². The molecular weight excluding hydrogens is 388 g/mol. The normalized spacial score (nSPS) is 11.8. The van der Waals surface area contributed by atoms with Crippen molar-refractivity contribution in [3.05, 3.63) is 109 Å². The van der Waals surface area contributed by atoms with E-state index in [1.54, 1.807) is 0 Å². The van der Waals surface area contributed by atoms with Crippen molar-refractivity contribution in [2.45, 2.75) is 0 Å². The molecule has 0 aliphatic carbocycles. The number of H-pyrrole nitrogens is 2. The Morgan fingerprint density at radius 1 is 0.375 bits per heavy atom. The van der Waals surface area contributed by atoms with Gasteiger partial charge in [0.05, 0.1) is 11.0 Å². The summed E-state index contributed by atoms with van der Waals surface area (Å²) in [5.41, 5.74) is 9.62. The second-order valence-electron chi connectivity index (χ2n) is 8.32. The summed E-state index contributed by atoms with van der Waals surface area (Å²) in [6, 6.07) is 38.8. The summed E-state index contributed by atoms with van der Waals surface area (Å²) < 4.78 is 0. The molecule has 0 bridgehead atoms. The first kappa shape index (κ1) is 17.4. The fourth-order valence-corrected chi connectivity index (χ4v) is 5.22.